The van der Waals surface area contributed by atoms with Crippen molar-refractivity contribution < 1.29 is 4.79 Å². The van der Waals surface area contributed by atoms with E-state index < -0.39 is 0 Å². The van der Waals surface area contributed by atoms with Crippen molar-refractivity contribution in [2.24, 2.45) is 7.05 Å². The molecule has 2 aromatic carbocycles. The number of imidazole rings is 1. The van der Waals surface area contributed by atoms with Gasteiger partial charge in [0.25, 0.3) is 5.91 Å². The van der Waals surface area contributed by atoms with E-state index in [1.807, 2.05) is 47.4 Å². The van der Waals surface area contributed by atoms with Crippen LogP contribution >= 0.6 is 11.5 Å². The van der Waals surface area contributed by atoms with Crippen molar-refractivity contribution in [3.05, 3.63) is 65.6 Å². The standard InChI is InChI=1S/C23H23N5OS/c1-15-9-11-16(12-10-15)21-20(25-26-30-21)23(29)28-13-5-6-17(14-28)22-24-18-7-3-4-8-19(18)27(22)2/h3-4,7-12,17H,5-6,13-14H2,1-2H3. The van der Waals surface area contributed by atoms with Crippen molar-refractivity contribution in [1.29, 1.82) is 0 Å². The third kappa shape index (κ3) is 3.29. The average molecular weight is 418 g/mol. The van der Waals surface area contributed by atoms with E-state index in [2.05, 4.69) is 34.2 Å². The molecule has 1 unspecified atom stereocenters. The topological polar surface area (TPSA) is 63.9 Å². The molecule has 1 atom stereocenters. The molecule has 0 radical (unpaired) electrons. The highest BCUT2D eigenvalue weighted by molar-refractivity contribution is 7.09. The van der Waals surface area contributed by atoms with Gasteiger partial charge < -0.3 is 9.47 Å². The molecule has 30 heavy (non-hydrogen) atoms. The Hall–Kier alpha value is -3.06. The molecule has 1 fully saturated rings. The van der Waals surface area contributed by atoms with Crippen molar-refractivity contribution in [3.63, 3.8) is 0 Å². The lowest BCUT2D eigenvalue weighted by Crippen LogP contribution is -2.40. The van der Waals surface area contributed by atoms with Crippen LogP contribution in [-0.2, 0) is 7.05 Å². The first-order valence-corrected chi connectivity index (χ1v) is 11.0. The van der Waals surface area contributed by atoms with Crippen LogP contribution < -0.4 is 0 Å². The molecule has 1 aliphatic heterocycles. The van der Waals surface area contributed by atoms with Gasteiger partial charge in [-0.05, 0) is 49.0 Å². The lowest BCUT2D eigenvalue weighted by Gasteiger charge is -2.32. The Labute approximate surface area is 179 Å². The summed E-state index contributed by atoms with van der Waals surface area (Å²) in [5, 5.41) is 4.20. The number of aryl methyl sites for hydroxylation is 2. The fraction of sp³-hybridized carbons (Fsp3) is 0.304. The Kier molecular flexibility index (Phi) is 4.83. The molecule has 4 aromatic rings. The molecule has 1 amide bonds. The largest absolute Gasteiger partial charge is 0.336 e. The number of piperidine rings is 1. The Balaban J connectivity index is 1.41. The Morgan fingerprint density at radius 2 is 1.93 bits per heavy atom. The summed E-state index contributed by atoms with van der Waals surface area (Å²) in [4.78, 5) is 21.0. The molecule has 1 aliphatic rings. The molecule has 5 rings (SSSR count). The minimum atomic E-state index is -0.0391. The Bertz CT molecular complexity index is 1210. The number of carbonyl (C=O) groups excluding carboxylic acids is 1. The molecule has 2 aromatic heterocycles. The van der Waals surface area contributed by atoms with Gasteiger partial charge in [0.15, 0.2) is 5.69 Å². The smallest absolute Gasteiger partial charge is 0.275 e. The van der Waals surface area contributed by atoms with Crippen LogP contribution in [0.1, 0.15) is 40.6 Å². The predicted molar refractivity (Wildman–Crippen MR) is 119 cm³/mol. The molecule has 0 bridgehead atoms. The highest BCUT2D eigenvalue weighted by Gasteiger charge is 2.31. The highest BCUT2D eigenvalue weighted by Crippen LogP contribution is 2.32. The molecule has 7 heteroatoms. The summed E-state index contributed by atoms with van der Waals surface area (Å²) in [5.41, 5.74) is 4.76. The number of benzene rings is 2. The van der Waals surface area contributed by atoms with Gasteiger partial charge in [0.2, 0.25) is 0 Å². The van der Waals surface area contributed by atoms with E-state index in [1.54, 1.807) is 0 Å². The molecular weight excluding hydrogens is 394 g/mol. The molecule has 1 saturated heterocycles. The maximum absolute atomic E-state index is 13.4. The lowest BCUT2D eigenvalue weighted by molar-refractivity contribution is 0.0698. The molecule has 0 aliphatic carbocycles. The lowest BCUT2D eigenvalue weighted by atomic mass is 9.96. The van der Waals surface area contributed by atoms with Crippen LogP contribution in [0.4, 0.5) is 0 Å². The van der Waals surface area contributed by atoms with Crippen LogP contribution in [0.25, 0.3) is 21.5 Å². The van der Waals surface area contributed by atoms with E-state index in [9.17, 15) is 4.79 Å². The maximum atomic E-state index is 13.4. The molecule has 0 saturated carbocycles. The van der Waals surface area contributed by atoms with Crippen molar-refractivity contribution >= 4 is 28.5 Å². The molecular formula is C23H23N5OS. The maximum Gasteiger partial charge on any atom is 0.275 e. The second-order valence-corrected chi connectivity index (χ2v) is 8.68. The second kappa shape index (κ2) is 7.65. The summed E-state index contributed by atoms with van der Waals surface area (Å²) >= 11 is 1.28. The minimum Gasteiger partial charge on any atom is -0.336 e. The van der Waals surface area contributed by atoms with Crippen molar-refractivity contribution in [1.82, 2.24) is 24.0 Å². The Morgan fingerprint density at radius 1 is 1.13 bits per heavy atom. The van der Waals surface area contributed by atoms with Crippen LogP contribution in [0.5, 0.6) is 0 Å². The second-order valence-electron chi connectivity index (χ2n) is 7.92. The predicted octanol–water partition coefficient (Wildman–Crippen LogP) is 4.42. The quantitative estimate of drug-likeness (QED) is 0.495. The van der Waals surface area contributed by atoms with Crippen LogP contribution in [0.2, 0.25) is 0 Å². The van der Waals surface area contributed by atoms with Crippen LogP contribution in [-0.4, -0.2) is 43.0 Å². The van der Waals surface area contributed by atoms with Gasteiger partial charge in [-0.1, -0.05) is 46.4 Å². The number of amides is 1. The first kappa shape index (κ1) is 18.9. The summed E-state index contributed by atoms with van der Waals surface area (Å²) in [7, 11) is 2.06. The molecule has 152 valence electrons. The van der Waals surface area contributed by atoms with Gasteiger partial charge in [0.05, 0.1) is 15.9 Å². The normalized spacial score (nSPS) is 16.9. The van der Waals surface area contributed by atoms with Gasteiger partial charge in [-0.15, -0.1) is 5.10 Å². The summed E-state index contributed by atoms with van der Waals surface area (Å²) in [6.07, 6.45) is 1.98. The first-order chi connectivity index (χ1) is 14.6. The van der Waals surface area contributed by atoms with Gasteiger partial charge >= 0.3 is 0 Å². The third-order valence-corrected chi connectivity index (χ3v) is 6.67. The molecule has 3 heterocycles. The fourth-order valence-corrected chi connectivity index (χ4v) is 4.94. The summed E-state index contributed by atoms with van der Waals surface area (Å²) in [6, 6.07) is 16.3. The zero-order valence-electron chi connectivity index (χ0n) is 17.1. The number of para-hydroxylation sites is 2. The van der Waals surface area contributed by atoms with Crippen molar-refractivity contribution in [2.75, 3.05) is 13.1 Å². The van der Waals surface area contributed by atoms with E-state index in [1.165, 1.54) is 17.1 Å². The summed E-state index contributed by atoms with van der Waals surface area (Å²) < 4.78 is 6.25. The molecule has 0 spiro atoms. The number of hydrogen-bond donors (Lipinski definition) is 0. The third-order valence-electron chi connectivity index (χ3n) is 5.90. The van der Waals surface area contributed by atoms with Gasteiger partial charge in [0.1, 0.15) is 5.82 Å². The minimum absolute atomic E-state index is 0.0391. The van der Waals surface area contributed by atoms with Gasteiger partial charge in [-0.2, -0.15) is 0 Å². The molecule has 0 N–H and O–H groups in total. The monoisotopic (exact) mass is 417 g/mol. The molecule has 6 nitrogen and oxygen atoms in total. The number of fused-ring (bicyclic) bond motifs is 1. The van der Waals surface area contributed by atoms with Crippen molar-refractivity contribution in [2.45, 2.75) is 25.7 Å². The number of likely N-dealkylation sites (tertiary alicyclic amines) is 1. The first-order valence-electron chi connectivity index (χ1n) is 10.2. The van der Waals surface area contributed by atoms with E-state index in [0.717, 1.165) is 46.7 Å². The van der Waals surface area contributed by atoms with Crippen LogP contribution in [0.15, 0.2) is 48.5 Å². The van der Waals surface area contributed by atoms with Gasteiger partial charge in [0, 0.05) is 26.1 Å². The van der Waals surface area contributed by atoms with E-state index in [0.29, 0.717) is 12.2 Å². The average Bonchev–Trinajstić information content (AvgIpc) is 3.39. The zero-order chi connectivity index (χ0) is 20.7. The zero-order valence-corrected chi connectivity index (χ0v) is 17.9. The number of aromatic nitrogens is 4. The van der Waals surface area contributed by atoms with E-state index in [-0.39, 0.29) is 11.8 Å². The Morgan fingerprint density at radius 3 is 2.73 bits per heavy atom. The number of rotatable bonds is 3. The SMILES string of the molecule is Cc1ccc(-c2snnc2C(=O)N2CCCC(c3nc4ccccc4n3C)C2)cc1. The summed E-state index contributed by atoms with van der Waals surface area (Å²) in [6.45, 7) is 3.45. The van der Waals surface area contributed by atoms with Crippen LogP contribution in [0, 0.1) is 6.92 Å². The van der Waals surface area contributed by atoms with E-state index >= 15 is 0 Å². The highest BCUT2D eigenvalue weighted by atomic mass is 32.1. The number of hydrogen-bond acceptors (Lipinski definition) is 5. The summed E-state index contributed by atoms with van der Waals surface area (Å²) in [5.74, 6) is 1.22. The van der Waals surface area contributed by atoms with Crippen LogP contribution in [0.3, 0.4) is 0 Å². The fourth-order valence-electron chi connectivity index (χ4n) is 4.28. The van der Waals surface area contributed by atoms with Crippen molar-refractivity contribution in [3.8, 4) is 10.4 Å². The van der Waals surface area contributed by atoms with Gasteiger partial charge in [-0.3, -0.25) is 4.79 Å². The van der Waals surface area contributed by atoms with E-state index in [4.69, 9.17) is 4.98 Å². The number of nitrogens with zero attached hydrogens (tertiary/aromatic N) is 5. The van der Waals surface area contributed by atoms with Gasteiger partial charge in [-0.25, -0.2) is 4.98 Å². The number of carbonyl (C=O) groups is 1.